The molecule has 1 atom stereocenters. The Labute approximate surface area is 131 Å². The highest BCUT2D eigenvalue weighted by Gasteiger charge is 2.11. The van der Waals surface area contributed by atoms with E-state index in [2.05, 4.69) is 23.3 Å². The topological polar surface area (TPSA) is 35.5 Å². The standard InChI is InChI=1S/C17H21ClN2O/c1-19-17(13-4-3-5-14(18)12-13)10-11-20(2)15-6-8-16(21)9-7-15/h3-9,12,17,19,21H,10-11H2,1-2H3. The molecule has 2 rings (SSSR count). The van der Waals surface area contributed by atoms with Crippen LogP contribution in [0.15, 0.2) is 48.5 Å². The minimum absolute atomic E-state index is 0.267. The lowest BCUT2D eigenvalue weighted by Gasteiger charge is -2.23. The van der Waals surface area contributed by atoms with Crippen molar-refractivity contribution in [2.24, 2.45) is 0 Å². The summed E-state index contributed by atoms with van der Waals surface area (Å²) >= 11 is 6.06. The number of anilines is 1. The summed E-state index contributed by atoms with van der Waals surface area (Å²) < 4.78 is 0. The summed E-state index contributed by atoms with van der Waals surface area (Å²) in [4.78, 5) is 2.17. The number of phenolic OH excluding ortho intramolecular Hbond substituents is 1. The van der Waals surface area contributed by atoms with E-state index in [-0.39, 0.29) is 6.04 Å². The summed E-state index contributed by atoms with van der Waals surface area (Å²) in [5.74, 6) is 0.291. The van der Waals surface area contributed by atoms with Gasteiger partial charge in [0.05, 0.1) is 0 Å². The average molecular weight is 305 g/mol. The fourth-order valence-electron chi connectivity index (χ4n) is 2.36. The van der Waals surface area contributed by atoms with Gasteiger partial charge in [-0.3, -0.25) is 0 Å². The van der Waals surface area contributed by atoms with Gasteiger partial charge in [-0.05, 0) is 55.4 Å². The Kier molecular flexibility index (Phi) is 5.48. The first kappa shape index (κ1) is 15.7. The molecule has 0 fully saturated rings. The second kappa shape index (κ2) is 7.34. The third kappa shape index (κ3) is 4.38. The van der Waals surface area contributed by atoms with Gasteiger partial charge in [0.1, 0.15) is 5.75 Å². The van der Waals surface area contributed by atoms with Crippen LogP contribution in [0.1, 0.15) is 18.0 Å². The van der Waals surface area contributed by atoms with Crippen LogP contribution in [0.25, 0.3) is 0 Å². The molecule has 21 heavy (non-hydrogen) atoms. The van der Waals surface area contributed by atoms with Crippen LogP contribution in [0.4, 0.5) is 5.69 Å². The lowest BCUT2D eigenvalue weighted by molar-refractivity contribution is 0.475. The van der Waals surface area contributed by atoms with Crippen molar-refractivity contribution >= 4 is 17.3 Å². The summed E-state index contributed by atoms with van der Waals surface area (Å²) in [6, 6.07) is 15.5. The van der Waals surface area contributed by atoms with Gasteiger partial charge < -0.3 is 15.3 Å². The van der Waals surface area contributed by atoms with Gasteiger partial charge in [-0.25, -0.2) is 0 Å². The lowest BCUT2D eigenvalue weighted by atomic mass is 10.0. The predicted octanol–water partition coefficient (Wildman–Crippen LogP) is 3.83. The molecule has 2 aromatic carbocycles. The SMILES string of the molecule is CNC(CCN(C)c1ccc(O)cc1)c1cccc(Cl)c1. The van der Waals surface area contributed by atoms with E-state index in [1.807, 2.05) is 37.4 Å². The zero-order chi connectivity index (χ0) is 15.2. The number of hydrogen-bond donors (Lipinski definition) is 2. The minimum Gasteiger partial charge on any atom is -0.508 e. The Balaban J connectivity index is 1.98. The maximum Gasteiger partial charge on any atom is 0.115 e. The van der Waals surface area contributed by atoms with Crippen molar-refractivity contribution in [3.63, 3.8) is 0 Å². The van der Waals surface area contributed by atoms with Gasteiger partial charge in [0, 0.05) is 30.3 Å². The number of nitrogens with one attached hydrogen (secondary N) is 1. The molecule has 4 heteroatoms. The van der Waals surface area contributed by atoms with Crippen molar-refractivity contribution in [3.05, 3.63) is 59.1 Å². The van der Waals surface area contributed by atoms with E-state index in [4.69, 9.17) is 11.6 Å². The number of phenols is 1. The Morgan fingerprint density at radius 3 is 2.52 bits per heavy atom. The first-order valence-corrected chi connectivity index (χ1v) is 7.41. The van der Waals surface area contributed by atoms with E-state index in [1.165, 1.54) is 5.56 Å². The number of aromatic hydroxyl groups is 1. The molecule has 3 nitrogen and oxygen atoms in total. The molecule has 0 saturated heterocycles. The molecular formula is C17H21ClN2O. The highest BCUT2D eigenvalue weighted by Crippen LogP contribution is 2.22. The summed E-state index contributed by atoms with van der Waals surface area (Å²) in [6.45, 7) is 0.906. The quantitative estimate of drug-likeness (QED) is 0.851. The molecule has 0 bridgehead atoms. The predicted molar refractivity (Wildman–Crippen MR) is 89.2 cm³/mol. The fourth-order valence-corrected chi connectivity index (χ4v) is 2.56. The van der Waals surface area contributed by atoms with E-state index >= 15 is 0 Å². The van der Waals surface area contributed by atoms with Crippen LogP contribution in [0.5, 0.6) is 5.75 Å². The van der Waals surface area contributed by atoms with Gasteiger partial charge in [-0.1, -0.05) is 23.7 Å². The van der Waals surface area contributed by atoms with Crippen LogP contribution in [0.3, 0.4) is 0 Å². The molecule has 0 heterocycles. The number of halogens is 1. The van der Waals surface area contributed by atoms with Crippen LogP contribution in [0.2, 0.25) is 5.02 Å². The number of benzene rings is 2. The van der Waals surface area contributed by atoms with Crippen molar-refractivity contribution in [1.29, 1.82) is 0 Å². The molecule has 1 unspecified atom stereocenters. The molecular weight excluding hydrogens is 284 g/mol. The van der Waals surface area contributed by atoms with Crippen LogP contribution >= 0.6 is 11.6 Å². The monoisotopic (exact) mass is 304 g/mol. The van der Waals surface area contributed by atoms with E-state index in [0.717, 1.165) is 23.7 Å². The summed E-state index contributed by atoms with van der Waals surface area (Å²) in [5.41, 5.74) is 2.29. The van der Waals surface area contributed by atoms with Crippen molar-refractivity contribution in [1.82, 2.24) is 5.32 Å². The van der Waals surface area contributed by atoms with Gasteiger partial charge in [-0.15, -0.1) is 0 Å². The van der Waals surface area contributed by atoms with E-state index in [0.29, 0.717) is 5.75 Å². The van der Waals surface area contributed by atoms with Gasteiger partial charge in [0.2, 0.25) is 0 Å². The zero-order valence-corrected chi connectivity index (χ0v) is 13.1. The Morgan fingerprint density at radius 2 is 1.90 bits per heavy atom. The smallest absolute Gasteiger partial charge is 0.115 e. The van der Waals surface area contributed by atoms with Gasteiger partial charge in [0.25, 0.3) is 0 Å². The Morgan fingerprint density at radius 1 is 1.19 bits per heavy atom. The van der Waals surface area contributed by atoms with Crippen molar-refractivity contribution in [2.75, 3.05) is 25.5 Å². The normalized spacial score (nSPS) is 12.1. The highest BCUT2D eigenvalue weighted by molar-refractivity contribution is 6.30. The molecule has 0 aliphatic heterocycles. The average Bonchev–Trinajstić information content (AvgIpc) is 2.48. The molecule has 0 aromatic heterocycles. The Hall–Kier alpha value is -1.71. The number of hydrogen-bond acceptors (Lipinski definition) is 3. The molecule has 0 aliphatic rings. The first-order chi connectivity index (χ1) is 10.1. The van der Waals surface area contributed by atoms with Gasteiger partial charge >= 0.3 is 0 Å². The summed E-state index contributed by atoms with van der Waals surface area (Å²) in [5, 5.41) is 13.4. The summed E-state index contributed by atoms with van der Waals surface area (Å²) in [6.07, 6.45) is 0.966. The van der Waals surface area contributed by atoms with Gasteiger partial charge in [-0.2, -0.15) is 0 Å². The molecule has 0 aliphatic carbocycles. The molecule has 112 valence electrons. The van der Waals surface area contributed by atoms with Crippen LogP contribution < -0.4 is 10.2 Å². The van der Waals surface area contributed by atoms with Crippen molar-refractivity contribution in [2.45, 2.75) is 12.5 Å². The van der Waals surface area contributed by atoms with Crippen molar-refractivity contribution < 1.29 is 5.11 Å². The third-order valence-electron chi connectivity index (χ3n) is 3.64. The largest absolute Gasteiger partial charge is 0.508 e. The first-order valence-electron chi connectivity index (χ1n) is 7.03. The van der Waals surface area contributed by atoms with Crippen LogP contribution in [-0.2, 0) is 0 Å². The second-order valence-electron chi connectivity index (χ2n) is 5.12. The highest BCUT2D eigenvalue weighted by atomic mass is 35.5. The second-order valence-corrected chi connectivity index (χ2v) is 5.56. The van der Waals surface area contributed by atoms with Crippen molar-refractivity contribution in [3.8, 4) is 5.75 Å². The molecule has 2 aromatic rings. The zero-order valence-electron chi connectivity index (χ0n) is 12.4. The third-order valence-corrected chi connectivity index (χ3v) is 3.88. The van der Waals surface area contributed by atoms with Crippen LogP contribution in [0, 0.1) is 0 Å². The van der Waals surface area contributed by atoms with E-state index in [1.54, 1.807) is 12.1 Å². The maximum absolute atomic E-state index is 9.33. The number of rotatable bonds is 6. The molecule has 2 N–H and O–H groups in total. The lowest BCUT2D eigenvalue weighted by Crippen LogP contribution is -2.25. The maximum atomic E-state index is 9.33. The molecule has 0 saturated carbocycles. The fraction of sp³-hybridized carbons (Fsp3) is 0.294. The van der Waals surface area contributed by atoms with Crippen LogP contribution in [-0.4, -0.2) is 25.7 Å². The Bertz CT molecular complexity index is 571. The minimum atomic E-state index is 0.267. The van der Waals surface area contributed by atoms with Gasteiger partial charge in [0.15, 0.2) is 0 Å². The number of nitrogens with zero attached hydrogens (tertiary/aromatic N) is 1. The summed E-state index contributed by atoms with van der Waals surface area (Å²) in [7, 11) is 4.02. The molecule has 0 spiro atoms. The van der Waals surface area contributed by atoms with E-state index in [9.17, 15) is 5.11 Å². The molecule has 0 amide bonds. The molecule has 0 radical (unpaired) electrons. The van der Waals surface area contributed by atoms with E-state index < -0.39 is 0 Å².